The maximum Gasteiger partial charge on any atom is 0.333 e. The van der Waals surface area contributed by atoms with Gasteiger partial charge < -0.3 is 15.6 Å². The minimum Gasteiger partial charge on any atom is -0.479 e. The second kappa shape index (κ2) is 4.62. The van der Waals surface area contributed by atoms with Crippen molar-refractivity contribution >= 4 is 11.7 Å². The Bertz CT molecular complexity index is 325. The second-order valence-corrected chi connectivity index (χ2v) is 3.01. The average Bonchev–Trinajstić information content (AvgIpc) is 2.14. The van der Waals surface area contributed by atoms with Gasteiger partial charge in [-0.3, -0.25) is 0 Å². The van der Waals surface area contributed by atoms with Crippen LogP contribution >= 0.6 is 0 Å². The zero-order chi connectivity index (χ0) is 10.6. The number of aliphatic carboxylic acids is 1. The summed E-state index contributed by atoms with van der Waals surface area (Å²) < 4.78 is 4.82. The van der Waals surface area contributed by atoms with Gasteiger partial charge in [-0.15, -0.1) is 0 Å². The number of ether oxygens (including phenoxy) is 1. The van der Waals surface area contributed by atoms with Gasteiger partial charge in [-0.05, 0) is 17.7 Å². The zero-order valence-corrected chi connectivity index (χ0v) is 7.93. The molecule has 0 aliphatic carbocycles. The summed E-state index contributed by atoms with van der Waals surface area (Å²) >= 11 is 0. The Balaban J connectivity index is 2.72. The highest BCUT2D eigenvalue weighted by Crippen LogP contribution is 2.10. The molecule has 0 amide bonds. The molecule has 1 rings (SSSR count). The van der Waals surface area contributed by atoms with Crippen molar-refractivity contribution < 1.29 is 14.6 Å². The van der Waals surface area contributed by atoms with E-state index < -0.39 is 12.1 Å². The molecule has 1 aromatic carbocycles. The van der Waals surface area contributed by atoms with Crippen molar-refractivity contribution in [2.24, 2.45) is 0 Å². The molecule has 1 aromatic rings. The number of carboxylic acids is 1. The first kappa shape index (κ1) is 10.5. The number of rotatable bonds is 4. The van der Waals surface area contributed by atoms with E-state index in [1.807, 2.05) is 6.07 Å². The number of nitrogens with two attached hydrogens (primary N) is 1. The van der Waals surface area contributed by atoms with Crippen molar-refractivity contribution in [3.05, 3.63) is 29.8 Å². The summed E-state index contributed by atoms with van der Waals surface area (Å²) in [7, 11) is 1.38. The quantitative estimate of drug-likeness (QED) is 0.700. The highest BCUT2D eigenvalue weighted by Gasteiger charge is 2.16. The largest absolute Gasteiger partial charge is 0.479 e. The van der Waals surface area contributed by atoms with Crippen molar-refractivity contribution in [3.63, 3.8) is 0 Å². The molecule has 0 unspecified atom stereocenters. The Morgan fingerprint density at radius 3 is 2.86 bits per heavy atom. The van der Waals surface area contributed by atoms with Crippen molar-refractivity contribution in [2.75, 3.05) is 12.8 Å². The van der Waals surface area contributed by atoms with Gasteiger partial charge >= 0.3 is 5.97 Å². The van der Waals surface area contributed by atoms with Gasteiger partial charge in [-0.25, -0.2) is 4.79 Å². The Kier molecular flexibility index (Phi) is 3.48. The SMILES string of the molecule is CO[C@H](Cc1cccc(N)c1)C(=O)O. The molecule has 76 valence electrons. The van der Waals surface area contributed by atoms with Gasteiger partial charge in [0.15, 0.2) is 6.10 Å². The number of carboxylic acid groups (broad SMARTS) is 1. The monoisotopic (exact) mass is 195 g/mol. The maximum absolute atomic E-state index is 10.7. The van der Waals surface area contributed by atoms with Crippen LogP contribution in [0.15, 0.2) is 24.3 Å². The third kappa shape index (κ3) is 2.74. The fourth-order valence-corrected chi connectivity index (χ4v) is 1.21. The number of carbonyl (C=O) groups is 1. The third-order valence-corrected chi connectivity index (χ3v) is 1.93. The molecule has 14 heavy (non-hydrogen) atoms. The lowest BCUT2D eigenvalue weighted by molar-refractivity contribution is -0.148. The average molecular weight is 195 g/mol. The smallest absolute Gasteiger partial charge is 0.333 e. The molecule has 4 nitrogen and oxygen atoms in total. The van der Waals surface area contributed by atoms with Gasteiger partial charge in [0.05, 0.1) is 0 Å². The van der Waals surface area contributed by atoms with Crippen LogP contribution in [0.4, 0.5) is 5.69 Å². The van der Waals surface area contributed by atoms with Gasteiger partial charge in [0.25, 0.3) is 0 Å². The van der Waals surface area contributed by atoms with E-state index in [0.29, 0.717) is 12.1 Å². The summed E-state index contributed by atoms with van der Waals surface area (Å²) in [6.45, 7) is 0. The van der Waals surface area contributed by atoms with Crippen molar-refractivity contribution in [1.82, 2.24) is 0 Å². The number of benzene rings is 1. The van der Waals surface area contributed by atoms with Crippen LogP contribution in [0.2, 0.25) is 0 Å². The van der Waals surface area contributed by atoms with Crippen molar-refractivity contribution in [1.29, 1.82) is 0 Å². The fourth-order valence-electron chi connectivity index (χ4n) is 1.21. The summed E-state index contributed by atoms with van der Waals surface area (Å²) in [6.07, 6.45) is -0.478. The first-order chi connectivity index (χ1) is 6.63. The van der Waals surface area contributed by atoms with Crippen LogP contribution < -0.4 is 5.73 Å². The van der Waals surface area contributed by atoms with Gasteiger partial charge in [-0.2, -0.15) is 0 Å². The number of hydrogen-bond donors (Lipinski definition) is 2. The molecule has 0 spiro atoms. The zero-order valence-electron chi connectivity index (χ0n) is 7.93. The highest BCUT2D eigenvalue weighted by molar-refractivity contribution is 5.72. The van der Waals surface area contributed by atoms with Crippen molar-refractivity contribution in [3.8, 4) is 0 Å². The summed E-state index contributed by atoms with van der Waals surface area (Å²) in [5.41, 5.74) is 7.05. The minimum absolute atomic E-state index is 0.330. The molecule has 0 saturated carbocycles. The fraction of sp³-hybridized carbons (Fsp3) is 0.300. The lowest BCUT2D eigenvalue weighted by Crippen LogP contribution is -2.24. The molecule has 0 fully saturated rings. The summed E-state index contributed by atoms with van der Waals surface area (Å²) in [4.78, 5) is 10.7. The lowest BCUT2D eigenvalue weighted by atomic mass is 10.1. The van der Waals surface area contributed by atoms with E-state index >= 15 is 0 Å². The van der Waals surface area contributed by atoms with Crippen molar-refractivity contribution in [2.45, 2.75) is 12.5 Å². The topological polar surface area (TPSA) is 72.5 Å². The number of nitrogen functional groups attached to an aromatic ring is 1. The number of anilines is 1. The van der Waals surface area contributed by atoms with Crippen LogP contribution in [0.25, 0.3) is 0 Å². The standard InChI is InChI=1S/C10H13NO3/c1-14-9(10(12)13)6-7-3-2-4-8(11)5-7/h2-5,9H,6,11H2,1H3,(H,12,13)/t9-/m1/s1. The molecule has 0 bridgehead atoms. The van der Waals surface area contributed by atoms with E-state index in [-0.39, 0.29) is 0 Å². The number of methoxy groups -OCH3 is 1. The van der Waals surface area contributed by atoms with Gasteiger partial charge in [0.2, 0.25) is 0 Å². The van der Waals surface area contributed by atoms with Crippen LogP contribution in [-0.4, -0.2) is 24.3 Å². The van der Waals surface area contributed by atoms with Crippen LogP contribution in [0.3, 0.4) is 0 Å². The molecular weight excluding hydrogens is 182 g/mol. The normalized spacial score (nSPS) is 12.4. The van der Waals surface area contributed by atoms with Crippen LogP contribution in [-0.2, 0) is 16.0 Å². The summed E-state index contributed by atoms with van der Waals surface area (Å²) in [5, 5.41) is 8.75. The minimum atomic E-state index is -0.963. The molecule has 0 radical (unpaired) electrons. The van der Waals surface area contributed by atoms with E-state index in [0.717, 1.165) is 5.56 Å². The molecule has 4 heteroatoms. The van der Waals surface area contributed by atoms with E-state index in [4.69, 9.17) is 15.6 Å². The summed E-state index contributed by atoms with van der Waals surface area (Å²) in [5.74, 6) is -0.963. The molecule has 0 aliphatic heterocycles. The Labute approximate surface area is 82.3 Å². The Morgan fingerprint density at radius 2 is 2.36 bits per heavy atom. The molecular formula is C10H13NO3. The molecule has 0 saturated heterocycles. The first-order valence-corrected chi connectivity index (χ1v) is 4.23. The van der Waals surface area contributed by atoms with Crippen LogP contribution in [0.5, 0.6) is 0 Å². The third-order valence-electron chi connectivity index (χ3n) is 1.93. The van der Waals surface area contributed by atoms with Gasteiger partial charge in [-0.1, -0.05) is 12.1 Å². The lowest BCUT2D eigenvalue weighted by Gasteiger charge is -2.10. The maximum atomic E-state index is 10.7. The molecule has 0 heterocycles. The predicted molar refractivity (Wildman–Crippen MR) is 53.0 cm³/mol. The van der Waals surface area contributed by atoms with E-state index in [1.165, 1.54) is 7.11 Å². The molecule has 1 atom stereocenters. The van der Waals surface area contributed by atoms with E-state index in [1.54, 1.807) is 18.2 Å². The highest BCUT2D eigenvalue weighted by atomic mass is 16.5. The Morgan fingerprint density at radius 1 is 1.64 bits per heavy atom. The molecule has 0 aromatic heterocycles. The second-order valence-electron chi connectivity index (χ2n) is 3.01. The van der Waals surface area contributed by atoms with Gasteiger partial charge in [0, 0.05) is 19.2 Å². The Hall–Kier alpha value is -1.55. The van der Waals surface area contributed by atoms with E-state index in [2.05, 4.69) is 0 Å². The van der Waals surface area contributed by atoms with Crippen LogP contribution in [0.1, 0.15) is 5.56 Å². The predicted octanol–water partition coefficient (Wildman–Crippen LogP) is 0.911. The van der Waals surface area contributed by atoms with Gasteiger partial charge in [0.1, 0.15) is 0 Å². The molecule has 0 aliphatic rings. The first-order valence-electron chi connectivity index (χ1n) is 4.23. The van der Waals surface area contributed by atoms with E-state index in [9.17, 15) is 4.79 Å². The summed E-state index contributed by atoms with van der Waals surface area (Å²) in [6, 6.07) is 7.12. The number of hydrogen-bond acceptors (Lipinski definition) is 3. The van der Waals surface area contributed by atoms with Crippen LogP contribution in [0, 0.1) is 0 Å². The molecule has 3 N–H and O–H groups in total.